The van der Waals surface area contributed by atoms with E-state index in [1.807, 2.05) is 13.0 Å². The molecule has 1 N–H and O–H groups in total. The number of aryl methyl sites for hydroxylation is 2. The summed E-state index contributed by atoms with van der Waals surface area (Å²) in [5, 5.41) is 11.1. The Morgan fingerprint density at radius 1 is 1.25 bits per heavy atom. The first-order chi connectivity index (χ1) is 11.2. The van der Waals surface area contributed by atoms with Crippen molar-refractivity contribution in [2.75, 3.05) is 13.1 Å². The van der Waals surface area contributed by atoms with E-state index in [1.165, 1.54) is 5.56 Å². The fourth-order valence-electron chi connectivity index (χ4n) is 3.81. The van der Waals surface area contributed by atoms with E-state index in [9.17, 15) is 9.90 Å². The van der Waals surface area contributed by atoms with Crippen molar-refractivity contribution >= 4 is 11.0 Å². The maximum atomic E-state index is 12.0. The zero-order valence-corrected chi connectivity index (χ0v) is 15.1. The average Bonchev–Trinajstić information content (AvgIpc) is 2.58. The van der Waals surface area contributed by atoms with Gasteiger partial charge in [-0.1, -0.05) is 13.8 Å². The number of fused-ring (bicyclic) bond motifs is 1. The zero-order chi connectivity index (χ0) is 17.5. The van der Waals surface area contributed by atoms with Gasteiger partial charge in [0.1, 0.15) is 5.58 Å². The molecule has 0 spiro atoms. The maximum absolute atomic E-state index is 12.0. The third kappa shape index (κ3) is 3.70. The van der Waals surface area contributed by atoms with Crippen LogP contribution < -0.4 is 5.63 Å². The molecule has 2 aromatic rings. The van der Waals surface area contributed by atoms with Gasteiger partial charge in [-0.2, -0.15) is 0 Å². The Kier molecular flexibility index (Phi) is 4.54. The Hall–Kier alpha value is -1.65. The summed E-state index contributed by atoms with van der Waals surface area (Å²) in [5.41, 5.74) is 3.77. The molecule has 0 bridgehead atoms. The highest BCUT2D eigenvalue weighted by Crippen LogP contribution is 2.30. The van der Waals surface area contributed by atoms with Gasteiger partial charge in [-0.15, -0.1) is 0 Å². The van der Waals surface area contributed by atoms with Gasteiger partial charge in [-0.3, -0.25) is 4.90 Å². The zero-order valence-electron chi connectivity index (χ0n) is 15.1. The topological polar surface area (TPSA) is 53.7 Å². The first-order valence-corrected chi connectivity index (χ1v) is 8.68. The van der Waals surface area contributed by atoms with E-state index in [0.717, 1.165) is 42.4 Å². The first-order valence-electron chi connectivity index (χ1n) is 8.68. The van der Waals surface area contributed by atoms with E-state index in [0.29, 0.717) is 12.1 Å². The molecular weight excluding hydrogens is 302 g/mol. The van der Waals surface area contributed by atoms with E-state index < -0.39 is 0 Å². The lowest BCUT2D eigenvalue weighted by atomic mass is 9.87. The Morgan fingerprint density at radius 3 is 2.71 bits per heavy atom. The summed E-state index contributed by atoms with van der Waals surface area (Å²) in [6.07, 6.45) is 1.35. The quantitative estimate of drug-likeness (QED) is 0.858. The molecule has 1 aliphatic rings. The average molecular weight is 329 g/mol. The van der Waals surface area contributed by atoms with Crippen molar-refractivity contribution in [2.24, 2.45) is 5.41 Å². The molecular formula is C20H27NO3. The van der Waals surface area contributed by atoms with E-state index >= 15 is 0 Å². The van der Waals surface area contributed by atoms with Crippen LogP contribution in [0.25, 0.3) is 11.0 Å². The molecule has 0 aliphatic carbocycles. The molecule has 3 rings (SSSR count). The highest BCUT2D eigenvalue weighted by molar-refractivity contribution is 5.81. The maximum Gasteiger partial charge on any atom is 0.336 e. The van der Waals surface area contributed by atoms with Crippen molar-refractivity contribution in [1.29, 1.82) is 0 Å². The third-order valence-corrected chi connectivity index (χ3v) is 5.06. The van der Waals surface area contributed by atoms with E-state index in [2.05, 4.69) is 31.7 Å². The van der Waals surface area contributed by atoms with Gasteiger partial charge in [0.2, 0.25) is 0 Å². The number of hydrogen-bond donors (Lipinski definition) is 1. The molecule has 0 amide bonds. The summed E-state index contributed by atoms with van der Waals surface area (Å²) in [6.45, 7) is 11.0. The van der Waals surface area contributed by atoms with Crippen LogP contribution in [0.2, 0.25) is 0 Å². The number of aliphatic hydroxyl groups is 1. The molecule has 4 heteroatoms. The predicted molar refractivity (Wildman–Crippen MR) is 96.3 cm³/mol. The van der Waals surface area contributed by atoms with Crippen LogP contribution in [0.4, 0.5) is 0 Å². The van der Waals surface area contributed by atoms with Crippen LogP contribution in [0.5, 0.6) is 0 Å². The van der Waals surface area contributed by atoms with Gasteiger partial charge in [0.25, 0.3) is 0 Å². The molecule has 4 nitrogen and oxygen atoms in total. The number of rotatable bonds is 2. The third-order valence-electron chi connectivity index (χ3n) is 5.06. The Labute approximate surface area is 143 Å². The molecule has 1 aromatic carbocycles. The van der Waals surface area contributed by atoms with Crippen LogP contribution >= 0.6 is 0 Å². The summed E-state index contributed by atoms with van der Waals surface area (Å²) in [4.78, 5) is 14.3. The van der Waals surface area contributed by atoms with Gasteiger partial charge >= 0.3 is 5.63 Å². The van der Waals surface area contributed by atoms with Crippen molar-refractivity contribution in [3.8, 4) is 0 Å². The molecule has 1 fully saturated rings. The van der Waals surface area contributed by atoms with Gasteiger partial charge in [0.15, 0.2) is 0 Å². The molecule has 1 unspecified atom stereocenters. The number of hydrogen-bond acceptors (Lipinski definition) is 4. The standard InChI is InChI=1S/C20H27NO3/c1-13-7-17-15(9-19(23)24-18(17)8-14(13)2)11-21-6-5-16(22)10-20(3,4)12-21/h7-9,16,22H,5-6,10-12H2,1-4H3. The van der Waals surface area contributed by atoms with Gasteiger partial charge in [-0.25, -0.2) is 4.79 Å². The van der Waals surface area contributed by atoms with Crippen molar-refractivity contribution < 1.29 is 9.52 Å². The minimum atomic E-state index is -0.296. The summed E-state index contributed by atoms with van der Waals surface area (Å²) < 4.78 is 5.40. The second kappa shape index (κ2) is 6.34. The minimum absolute atomic E-state index is 0.0671. The number of benzene rings is 1. The summed E-state index contributed by atoms with van der Waals surface area (Å²) in [7, 11) is 0. The van der Waals surface area contributed by atoms with Crippen LogP contribution in [0.3, 0.4) is 0 Å². The second-order valence-corrected chi connectivity index (χ2v) is 8.04. The Morgan fingerprint density at radius 2 is 1.96 bits per heavy atom. The normalized spacial score (nSPS) is 21.8. The first kappa shape index (κ1) is 17.2. The van der Waals surface area contributed by atoms with E-state index in [1.54, 1.807) is 6.07 Å². The minimum Gasteiger partial charge on any atom is -0.423 e. The monoisotopic (exact) mass is 329 g/mol. The summed E-state index contributed by atoms with van der Waals surface area (Å²) in [6, 6.07) is 5.68. The molecule has 24 heavy (non-hydrogen) atoms. The smallest absolute Gasteiger partial charge is 0.336 e. The molecule has 1 saturated heterocycles. The number of aliphatic hydroxyl groups excluding tert-OH is 1. The molecule has 130 valence electrons. The predicted octanol–water partition coefficient (Wildman–Crippen LogP) is 3.39. The van der Waals surface area contributed by atoms with Gasteiger partial charge in [0, 0.05) is 31.1 Å². The Bertz CT molecular complexity index is 806. The summed E-state index contributed by atoms with van der Waals surface area (Å²) >= 11 is 0. The molecule has 1 aliphatic heterocycles. The second-order valence-electron chi connectivity index (χ2n) is 8.04. The molecule has 0 radical (unpaired) electrons. The summed E-state index contributed by atoms with van der Waals surface area (Å²) in [5.74, 6) is 0. The molecule has 2 heterocycles. The number of nitrogens with zero attached hydrogens (tertiary/aromatic N) is 1. The molecule has 1 aromatic heterocycles. The van der Waals surface area contributed by atoms with Gasteiger partial charge in [0.05, 0.1) is 6.10 Å². The van der Waals surface area contributed by atoms with Crippen LogP contribution in [0.1, 0.15) is 43.4 Å². The van der Waals surface area contributed by atoms with Crippen LogP contribution in [-0.4, -0.2) is 29.2 Å². The van der Waals surface area contributed by atoms with E-state index in [-0.39, 0.29) is 17.1 Å². The van der Waals surface area contributed by atoms with Crippen LogP contribution in [0.15, 0.2) is 27.4 Å². The molecule has 1 atom stereocenters. The van der Waals surface area contributed by atoms with Crippen molar-refractivity contribution in [1.82, 2.24) is 4.90 Å². The lowest BCUT2D eigenvalue weighted by Gasteiger charge is -2.29. The number of likely N-dealkylation sites (tertiary alicyclic amines) is 1. The van der Waals surface area contributed by atoms with Crippen molar-refractivity contribution in [3.63, 3.8) is 0 Å². The lowest BCUT2D eigenvalue weighted by molar-refractivity contribution is 0.121. The van der Waals surface area contributed by atoms with E-state index in [4.69, 9.17) is 4.42 Å². The SMILES string of the molecule is Cc1cc2oc(=O)cc(CN3CCC(O)CC(C)(C)C3)c2cc1C. The van der Waals surface area contributed by atoms with Gasteiger partial charge < -0.3 is 9.52 Å². The van der Waals surface area contributed by atoms with Crippen molar-refractivity contribution in [2.45, 2.75) is 53.2 Å². The highest BCUT2D eigenvalue weighted by atomic mass is 16.4. The highest BCUT2D eigenvalue weighted by Gasteiger charge is 2.29. The van der Waals surface area contributed by atoms with Crippen molar-refractivity contribution in [3.05, 3.63) is 45.3 Å². The molecule has 0 saturated carbocycles. The van der Waals surface area contributed by atoms with Crippen LogP contribution in [0, 0.1) is 19.3 Å². The van der Waals surface area contributed by atoms with Crippen LogP contribution in [-0.2, 0) is 6.54 Å². The fourth-order valence-corrected chi connectivity index (χ4v) is 3.81. The van der Waals surface area contributed by atoms with Gasteiger partial charge in [-0.05, 0) is 60.9 Å². The largest absolute Gasteiger partial charge is 0.423 e. The Balaban J connectivity index is 1.97. The fraction of sp³-hybridized carbons (Fsp3) is 0.550. The lowest BCUT2D eigenvalue weighted by Crippen LogP contribution is -2.32.